The van der Waals surface area contributed by atoms with E-state index in [9.17, 15) is 9.59 Å². The maximum Gasteiger partial charge on any atom is 0.246 e. The predicted octanol–water partition coefficient (Wildman–Crippen LogP) is 0.705. The van der Waals surface area contributed by atoms with E-state index in [0.29, 0.717) is 18.2 Å². The number of piperazine rings is 1. The third-order valence-corrected chi connectivity index (χ3v) is 3.90. The highest BCUT2D eigenvalue weighted by Crippen LogP contribution is 2.27. The van der Waals surface area contributed by atoms with Gasteiger partial charge in [-0.1, -0.05) is 0 Å². The summed E-state index contributed by atoms with van der Waals surface area (Å²) in [7, 11) is 0. The minimum absolute atomic E-state index is 0.0143. The van der Waals surface area contributed by atoms with Gasteiger partial charge in [-0.15, -0.1) is 0 Å². The summed E-state index contributed by atoms with van der Waals surface area (Å²) in [4.78, 5) is 32.1. The highest BCUT2D eigenvalue weighted by atomic mass is 16.4. The zero-order chi connectivity index (χ0) is 13.6. The van der Waals surface area contributed by atoms with Crippen molar-refractivity contribution >= 4 is 11.8 Å². The summed E-state index contributed by atoms with van der Waals surface area (Å²) in [6.07, 6.45) is 3.29. The summed E-state index contributed by atoms with van der Waals surface area (Å²) >= 11 is 0. The van der Waals surface area contributed by atoms with Gasteiger partial charge in [0, 0.05) is 6.54 Å². The first-order valence-electron chi connectivity index (χ1n) is 6.60. The summed E-state index contributed by atoms with van der Waals surface area (Å²) in [6, 6.07) is -0.714. The second kappa shape index (κ2) is 4.36. The van der Waals surface area contributed by atoms with Crippen molar-refractivity contribution in [3.05, 3.63) is 17.8 Å². The lowest BCUT2D eigenvalue weighted by atomic mass is 10.1. The topological polar surface area (TPSA) is 66.7 Å². The molecule has 6 nitrogen and oxygen atoms in total. The molecule has 0 saturated carbocycles. The summed E-state index contributed by atoms with van der Waals surface area (Å²) < 4.78 is 5.40. The number of fused-ring (bicyclic) bond motifs is 1. The molecule has 6 heteroatoms. The summed E-state index contributed by atoms with van der Waals surface area (Å²) in [6.45, 7) is 4.54. The van der Waals surface area contributed by atoms with Crippen LogP contribution in [-0.2, 0) is 16.1 Å². The largest absolute Gasteiger partial charge is 0.444 e. The van der Waals surface area contributed by atoms with Gasteiger partial charge in [0.15, 0.2) is 0 Å². The summed E-state index contributed by atoms with van der Waals surface area (Å²) in [5.41, 5.74) is 0. The molecular formula is C13H17N3O3. The van der Waals surface area contributed by atoms with E-state index < -0.39 is 6.04 Å². The van der Waals surface area contributed by atoms with Crippen LogP contribution < -0.4 is 0 Å². The maximum absolute atomic E-state index is 12.4. The fourth-order valence-corrected chi connectivity index (χ4v) is 2.88. The number of aryl methyl sites for hydroxylation is 1. The van der Waals surface area contributed by atoms with Crippen LogP contribution in [0.4, 0.5) is 0 Å². The number of nitrogens with zero attached hydrogens (tertiary/aromatic N) is 3. The van der Waals surface area contributed by atoms with Crippen LogP contribution >= 0.6 is 0 Å². The fourth-order valence-electron chi connectivity index (χ4n) is 2.88. The second-order valence-electron chi connectivity index (χ2n) is 5.20. The Morgan fingerprint density at radius 1 is 1.42 bits per heavy atom. The summed E-state index contributed by atoms with van der Waals surface area (Å²) in [5.74, 6) is 1.24. The van der Waals surface area contributed by atoms with Crippen LogP contribution in [0.1, 0.15) is 31.4 Å². The van der Waals surface area contributed by atoms with Gasteiger partial charge in [-0.2, -0.15) is 0 Å². The van der Waals surface area contributed by atoms with E-state index >= 15 is 0 Å². The number of hydrogen-bond acceptors (Lipinski definition) is 4. The molecule has 2 saturated heterocycles. The number of carbonyl (C=O) groups is 2. The van der Waals surface area contributed by atoms with Gasteiger partial charge in [-0.3, -0.25) is 9.59 Å². The van der Waals surface area contributed by atoms with Gasteiger partial charge in [0.25, 0.3) is 0 Å². The van der Waals surface area contributed by atoms with Gasteiger partial charge >= 0.3 is 0 Å². The van der Waals surface area contributed by atoms with Crippen molar-refractivity contribution < 1.29 is 14.0 Å². The number of carbonyl (C=O) groups excluding carboxylic acids is 2. The molecule has 0 N–H and O–H groups in total. The zero-order valence-corrected chi connectivity index (χ0v) is 11.1. The number of rotatable bonds is 2. The molecule has 3 heterocycles. The smallest absolute Gasteiger partial charge is 0.246 e. The van der Waals surface area contributed by atoms with Crippen molar-refractivity contribution in [3.63, 3.8) is 0 Å². The Kier molecular flexibility index (Phi) is 2.80. The Bertz CT molecular complexity index is 525. The van der Waals surface area contributed by atoms with E-state index in [4.69, 9.17) is 4.42 Å². The molecule has 2 unspecified atom stereocenters. The van der Waals surface area contributed by atoms with Gasteiger partial charge in [0.05, 0.1) is 12.7 Å². The lowest BCUT2D eigenvalue weighted by Crippen LogP contribution is -2.61. The van der Waals surface area contributed by atoms with E-state index in [1.165, 1.54) is 0 Å². The van der Waals surface area contributed by atoms with Crippen molar-refractivity contribution in [2.75, 3.05) is 6.54 Å². The molecule has 1 aromatic rings. The molecule has 0 bridgehead atoms. The van der Waals surface area contributed by atoms with Crippen molar-refractivity contribution in [2.45, 2.75) is 45.3 Å². The van der Waals surface area contributed by atoms with Gasteiger partial charge < -0.3 is 14.2 Å². The minimum Gasteiger partial charge on any atom is -0.444 e. The first-order chi connectivity index (χ1) is 9.08. The van der Waals surface area contributed by atoms with E-state index in [0.717, 1.165) is 12.8 Å². The molecule has 2 aliphatic heterocycles. The number of hydrogen-bond donors (Lipinski definition) is 0. The van der Waals surface area contributed by atoms with Gasteiger partial charge in [0.2, 0.25) is 17.7 Å². The van der Waals surface area contributed by atoms with Crippen LogP contribution in [0.25, 0.3) is 0 Å². The zero-order valence-electron chi connectivity index (χ0n) is 11.1. The Labute approximate surface area is 111 Å². The van der Waals surface area contributed by atoms with Crippen LogP contribution in [0.15, 0.2) is 10.6 Å². The van der Waals surface area contributed by atoms with E-state index in [1.54, 1.807) is 22.9 Å². The number of amides is 2. The second-order valence-corrected chi connectivity index (χ2v) is 5.20. The molecule has 2 atom stereocenters. The minimum atomic E-state index is -0.436. The molecule has 0 aromatic carbocycles. The molecule has 19 heavy (non-hydrogen) atoms. The highest BCUT2D eigenvalue weighted by molar-refractivity contribution is 5.97. The molecular weight excluding hydrogens is 246 g/mol. The van der Waals surface area contributed by atoms with Crippen LogP contribution in [0.5, 0.6) is 0 Å². The third-order valence-electron chi connectivity index (χ3n) is 3.90. The quantitative estimate of drug-likeness (QED) is 0.788. The molecule has 1 aromatic heterocycles. The van der Waals surface area contributed by atoms with E-state index in [2.05, 4.69) is 4.98 Å². The average Bonchev–Trinajstić information content (AvgIpc) is 3.01. The monoisotopic (exact) mass is 263 g/mol. The molecule has 2 aliphatic rings. The van der Waals surface area contributed by atoms with Gasteiger partial charge in [-0.25, -0.2) is 4.98 Å². The first kappa shape index (κ1) is 12.2. The van der Waals surface area contributed by atoms with Crippen LogP contribution in [0, 0.1) is 6.92 Å². The van der Waals surface area contributed by atoms with Crippen molar-refractivity contribution in [1.82, 2.24) is 14.8 Å². The highest BCUT2D eigenvalue weighted by Gasteiger charge is 2.46. The van der Waals surface area contributed by atoms with Crippen LogP contribution in [0.2, 0.25) is 0 Å². The van der Waals surface area contributed by atoms with E-state index in [1.807, 2.05) is 6.92 Å². The SMILES string of the molecule is Cc1cnc(CN2C(=O)C3CCCN3C(=O)C2C)o1. The molecule has 2 fully saturated rings. The standard InChI is InChI=1S/C13H17N3O3/c1-8-6-14-11(19-8)7-16-9(2)12(17)15-5-3-4-10(15)13(16)18/h6,9-10H,3-5,7H2,1-2H3. The molecule has 0 aliphatic carbocycles. The first-order valence-corrected chi connectivity index (χ1v) is 6.60. The average molecular weight is 263 g/mol. The van der Waals surface area contributed by atoms with Gasteiger partial charge in [0.1, 0.15) is 17.8 Å². The van der Waals surface area contributed by atoms with Gasteiger partial charge in [-0.05, 0) is 26.7 Å². The Morgan fingerprint density at radius 3 is 2.89 bits per heavy atom. The molecule has 0 radical (unpaired) electrons. The Balaban J connectivity index is 1.83. The molecule has 2 amide bonds. The normalized spacial score (nSPS) is 27.1. The van der Waals surface area contributed by atoms with Crippen LogP contribution in [-0.4, -0.2) is 45.2 Å². The third kappa shape index (κ3) is 1.91. The Morgan fingerprint density at radius 2 is 2.21 bits per heavy atom. The molecule has 3 rings (SSSR count). The van der Waals surface area contributed by atoms with Crippen molar-refractivity contribution in [1.29, 1.82) is 0 Å². The van der Waals surface area contributed by atoms with Crippen molar-refractivity contribution in [3.8, 4) is 0 Å². The predicted molar refractivity (Wildman–Crippen MR) is 66.0 cm³/mol. The number of aromatic nitrogens is 1. The fraction of sp³-hybridized carbons (Fsp3) is 0.615. The number of oxazole rings is 1. The maximum atomic E-state index is 12.4. The van der Waals surface area contributed by atoms with Crippen LogP contribution in [0.3, 0.4) is 0 Å². The molecule has 102 valence electrons. The lowest BCUT2D eigenvalue weighted by Gasteiger charge is -2.40. The van der Waals surface area contributed by atoms with Crippen molar-refractivity contribution in [2.24, 2.45) is 0 Å². The van der Waals surface area contributed by atoms with E-state index in [-0.39, 0.29) is 24.4 Å². The molecule has 0 spiro atoms. The summed E-state index contributed by atoms with van der Waals surface area (Å²) in [5, 5.41) is 0. The lowest BCUT2D eigenvalue weighted by molar-refractivity contribution is -0.159. The Hall–Kier alpha value is -1.85.